The number of benzene rings is 2. The van der Waals surface area contributed by atoms with E-state index in [1.165, 1.54) is 0 Å². The number of nitrogens with zero attached hydrogens (tertiary/aromatic N) is 2. The number of piperidine rings is 1. The maximum Gasteiger partial charge on any atom is 0.415 e. The van der Waals surface area contributed by atoms with Crippen molar-refractivity contribution >= 4 is 17.9 Å². The molecule has 2 aromatic rings. The van der Waals surface area contributed by atoms with Crippen LogP contribution in [0.15, 0.2) is 54.6 Å². The highest BCUT2D eigenvalue weighted by molar-refractivity contribution is 5.92. The zero-order valence-corrected chi connectivity index (χ0v) is 16.4. The second-order valence-corrected chi connectivity index (χ2v) is 7.34. The molecular formula is C22H24N2O5. The molecule has 2 heterocycles. The van der Waals surface area contributed by atoms with E-state index in [4.69, 9.17) is 14.2 Å². The van der Waals surface area contributed by atoms with Crippen molar-refractivity contribution in [3.05, 3.63) is 60.2 Å². The van der Waals surface area contributed by atoms with E-state index < -0.39 is 5.60 Å². The number of hydrogen-bond acceptors (Lipinski definition) is 5. The lowest BCUT2D eigenvalue weighted by molar-refractivity contribution is -0.00107. The summed E-state index contributed by atoms with van der Waals surface area (Å²) in [6.45, 7) is 1.67. The van der Waals surface area contributed by atoms with Crippen LogP contribution in [0.25, 0.3) is 0 Å². The fraction of sp³-hybridized carbons (Fsp3) is 0.364. The molecule has 0 aliphatic carbocycles. The Hall–Kier alpha value is -3.22. The monoisotopic (exact) mass is 396 g/mol. The van der Waals surface area contributed by atoms with Crippen molar-refractivity contribution in [2.45, 2.75) is 25.0 Å². The maximum atomic E-state index is 12.5. The minimum Gasteiger partial charge on any atom is -0.495 e. The first-order valence-corrected chi connectivity index (χ1v) is 9.69. The average Bonchev–Trinajstić information content (AvgIpc) is 3.08. The molecule has 0 bridgehead atoms. The Morgan fingerprint density at radius 1 is 1.07 bits per heavy atom. The summed E-state index contributed by atoms with van der Waals surface area (Å²) in [5, 5.41) is 0. The quantitative estimate of drug-likeness (QED) is 0.786. The zero-order chi connectivity index (χ0) is 20.3. The van der Waals surface area contributed by atoms with E-state index in [0.717, 1.165) is 5.56 Å². The van der Waals surface area contributed by atoms with Gasteiger partial charge in [0.25, 0.3) is 0 Å². The van der Waals surface area contributed by atoms with Crippen molar-refractivity contribution in [3.63, 3.8) is 0 Å². The maximum absolute atomic E-state index is 12.5. The molecule has 2 amide bonds. The molecule has 1 spiro atoms. The molecule has 4 rings (SSSR count). The number of hydrogen-bond donors (Lipinski definition) is 0. The SMILES string of the molecule is COc1ccccc1N1CC2(CCN(C(=O)OCc3ccccc3)CC2)OC1=O. The fourth-order valence-corrected chi connectivity index (χ4v) is 3.83. The summed E-state index contributed by atoms with van der Waals surface area (Å²) in [7, 11) is 1.58. The third-order valence-corrected chi connectivity index (χ3v) is 5.48. The van der Waals surface area contributed by atoms with Gasteiger partial charge in [0.15, 0.2) is 0 Å². The molecule has 0 unspecified atom stereocenters. The van der Waals surface area contributed by atoms with Crippen LogP contribution in [0, 0.1) is 0 Å². The Bertz CT molecular complexity index is 878. The van der Waals surface area contributed by atoms with E-state index in [0.29, 0.717) is 43.9 Å². The van der Waals surface area contributed by atoms with Gasteiger partial charge in [0, 0.05) is 25.9 Å². The lowest BCUT2D eigenvalue weighted by Gasteiger charge is -2.36. The van der Waals surface area contributed by atoms with Crippen molar-refractivity contribution in [1.82, 2.24) is 4.90 Å². The topological polar surface area (TPSA) is 68.3 Å². The zero-order valence-electron chi connectivity index (χ0n) is 16.4. The third kappa shape index (κ3) is 3.99. The standard InChI is InChI=1S/C22H24N2O5/c1-27-19-10-6-5-9-18(19)24-16-22(29-21(24)26)11-13-23(14-12-22)20(25)28-15-17-7-3-2-4-8-17/h2-10H,11-16H2,1H3. The van der Waals surface area contributed by atoms with Gasteiger partial charge in [0.2, 0.25) is 0 Å². The number of likely N-dealkylation sites (tertiary alicyclic amines) is 1. The molecule has 0 aromatic heterocycles. The number of methoxy groups -OCH3 is 1. The molecule has 0 atom stereocenters. The van der Waals surface area contributed by atoms with Crippen molar-refractivity contribution < 1.29 is 23.8 Å². The first-order valence-electron chi connectivity index (χ1n) is 9.69. The number of carbonyl (C=O) groups is 2. The van der Waals surface area contributed by atoms with Gasteiger partial charge < -0.3 is 19.1 Å². The van der Waals surface area contributed by atoms with Crippen LogP contribution in [-0.2, 0) is 16.1 Å². The number of rotatable bonds is 4. The summed E-state index contributed by atoms with van der Waals surface area (Å²) >= 11 is 0. The summed E-state index contributed by atoms with van der Waals surface area (Å²) in [6.07, 6.45) is 0.430. The van der Waals surface area contributed by atoms with Gasteiger partial charge in [-0.15, -0.1) is 0 Å². The Labute approximate surface area is 169 Å². The van der Waals surface area contributed by atoms with Gasteiger partial charge in [-0.05, 0) is 17.7 Å². The smallest absolute Gasteiger partial charge is 0.415 e. The fourth-order valence-electron chi connectivity index (χ4n) is 3.83. The number of carbonyl (C=O) groups excluding carboxylic acids is 2. The van der Waals surface area contributed by atoms with E-state index in [1.807, 2.05) is 54.6 Å². The normalized spacial score (nSPS) is 17.9. The lowest BCUT2D eigenvalue weighted by atomic mass is 9.91. The molecule has 152 valence electrons. The van der Waals surface area contributed by atoms with Crippen LogP contribution in [0.2, 0.25) is 0 Å². The third-order valence-electron chi connectivity index (χ3n) is 5.48. The highest BCUT2D eigenvalue weighted by atomic mass is 16.6. The van der Waals surface area contributed by atoms with Gasteiger partial charge in [0.1, 0.15) is 18.0 Å². The predicted molar refractivity (Wildman–Crippen MR) is 107 cm³/mol. The van der Waals surface area contributed by atoms with Crippen LogP contribution in [0.1, 0.15) is 18.4 Å². The van der Waals surface area contributed by atoms with Crippen LogP contribution in [0.5, 0.6) is 5.75 Å². The highest BCUT2D eigenvalue weighted by Gasteiger charge is 2.48. The summed E-state index contributed by atoms with van der Waals surface area (Å²) < 4.78 is 16.6. The number of amides is 2. The van der Waals surface area contributed by atoms with Crippen LogP contribution in [0.3, 0.4) is 0 Å². The van der Waals surface area contributed by atoms with E-state index in [-0.39, 0.29) is 18.8 Å². The summed E-state index contributed by atoms with van der Waals surface area (Å²) in [5.74, 6) is 0.628. The van der Waals surface area contributed by atoms with E-state index >= 15 is 0 Å². The van der Waals surface area contributed by atoms with Crippen molar-refractivity contribution in [2.24, 2.45) is 0 Å². The molecule has 0 radical (unpaired) electrons. The Morgan fingerprint density at radius 2 is 1.76 bits per heavy atom. The van der Waals surface area contributed by atoms with E-state index in [9.17, 15) is 9.59 Å². The summed E-state index contributed by atoms with van der Waals surface area (Å²) in [4.78, 5) is 28.2. The Morgan fingerprint density at radius 3 is 2.48 bits per heavy atom. The van der Waals surface area contributed by atoms with E-state index in [1.54, 1.807) is 16.9 Å². The predicted octanol–water partition coefficient (Wildman–Crippen LogP) is 3.82. The van der Waals surface area contributed by atoms with Crippen LogP contribution < -0.4 is 9.64 Å². The van der Waals surface area contributed by atoms with Crippen LogP contribution in [0.4, 0.5) is 15.3 Å². The molecule has 7 heteroatoms. The van der Waals surface area contributed by atoms with Gasteiger partial charge in [0.05, 0.1) is 19.3 Å². The van der Waals surface area contributed by atoms with Gasteiger partial charge in [-0.2, -0.15) is 0 Å². The van der Waals surface area contributed by atoms with Crippen molar-refractivity contribution in [3.8, 4) is 5.75 Å². The van der Waals surface area contributed by atoms with Crippen LogP contribution in [-0.4, -0.2) is 49.4 Å². The van der Waals surface area contributed by atoms with Crippen LogP contribution >= 0.6 is 0 Å². The molecular weight excluding hydrogens is 372 g/mol. The van der Waals surface area contributed by atoms with Gasteiger partial charge in [-0.3, -0.25) is 4.90 Å². The second kappa shape index (κ2) is 8.03. The summed E-state index contributed by atoms with van der Waals surface area (Å²) in [6, 6.07) is 17.0. The molecule has 7 nitrogen and oxygen atoms in total. The molecule has 29 heavy (non-hydrogen) atoms. The number of para-hydroxylation sites is 2. The molecule has 2 aliphatic rings. The minimum absolute atomic E-state index is 0.248. The largest absolute Gasteiger partial charge is 0.495 e. The summed E-state index contributed by atoms with van der Waals surface area (Å²) in [5.41, 5.74) is 1.06. The average molecular weight is 396 g/mol. The van der Waals surface area contributed by atoms with Gasteiger partial charge in [-0.1, -0.05) is 42.5 Å². The Kier molecular flexibility index (Phi) is 5.29. The van der Waals surface area contributed by atoms with Gasteiger partial charge >= 0.3 is 12.2 Å². The first-order chi connectivity index (χ1) is 14.1. The van der Waals surface area contributed by atoms with Gasteiger partial charge in [-0.25, -0.2) is 9.59 Å². The molecule has 2 saturated heterocycles. The van der Waals surface area contributed by atoms with E-state index in [2.05, 4.69) is 0 Å². The molecule has 2 aliphatic heterocycles. The Balaban J connectivity index is 1.35. The number of anilines is 1. The first kappa shape index (κ1) is 19.1. The number of ether oxygens (including phenoxy) is 3. The molecule has 0 saturated carbocycles. The minimum atomic E-state index is -0.589. The lowest BCUT2D eigenvalue weighted by Crippen LogP contribution is -2.48. The van der Waals surface area contributed by atoms with Crippen molar-refractivity contribution in [2.75, 3.05) is 31.6 Å². The molecule has 0 N–H and O–H groups in total. The highest BCUT2D eigenvalue weighted by Crippen LogP contribution is 2.38. The molecule has 2 fully saturated rings. The van der Waals surface area contributed by atoms with Crippen molar-refractivity contribution in [1.29, 1.82) is 0 Å². The molecule has 2 aromatic carbocycles. The second-order valence-electron chi connectivity index (χ2n) is 7.34.